The topological polar surface area (TPSA) is 171 Å². The van der Waals surface area contributed by atoms with Crippen LogP contribution in [0.5, 0.6) is 0 Å². The molecule has 45 heavy (non-hydrogen) atoms. The van der Waals surface area contributed by atoms with Crippen LogP contribution in [0.4, 0.5) is 4.79 Å². The van der Waals surface area contributed by atoms with Crippen molar-refractivity contribution in [2.75, 3.05) is 7.05 Å². The van der Waals surface area contributed by atoms with E-state index in [1.165, 1.54) is 20.0 Å². The molecule has 1 aliphatic rings. The van der Waals surface area contributed by atoms with Crippen molar-refractivity contribution in [1.29, 1.82) is 0 Å². The van der Waals surface area contributed by atoms with Gasteiger partial charge in [0.15, 0.2) is 5.69 Å². The molecular formula is C32H35N5O7S. The number of nitrogens with zero attached hydrogens (tertiary/aromatic N) is 2. The molecule has 1 fully saturated rings. The average Bonchev–Trinajstić information content (AvgIpc) is 3.55. The third-order valence-electron chi connectivity index (χ3n) is 7.09. The van der Waals surface area contributed by atoms with Crippen LogP contribution in [-0.4, -0.2) is 69.3 Å². The molecule has 3 unspecified atom stereocenters. The first-order chi connectivity index (χ1) is 21.4. The molecule has 2 aromatic carbocycles. The van der Waals surface area contributed by atoms with Crippen LogP contribution in [-0.2, 0) is 27.3 Å². The number of rotatable bonds is 12. The quantitative estimate of drug-likeness (QED) is 0.219. The maximum absolute atomic E-state index is 13.4. The summed E-state index contributed by atoms with van der Waals surface area (Å²) in [6.07, 6.45) is 0.898. The van der Waals surface area contributed by atoms with E-state index >= 15 is 0 Å². The second kappa shape index (κ2) is 14.8. The van der Waals surface area contributed by atoms with Crippen LogP contribution in [0.25, 0.3) is 6.08 Å². The van der Waals surface area contributed by atoms with Crippen LogP contribution in [0.3, 0.4) is 0 Å². The Morgan fingerprint density at radius 1 is 1.02 bits per heavy atom. The molecule has 0 radical (unpaired) electrons. The summed E-state index contributed by atoms with van der Waals surface area (Å²) >= 11 is 0.863. The number of hydrogen-bond acceptors (Lipinski definition) is 9. The Morgan fingerprint density at radius 3 is 2.38 bits per heavy atom. The lowest BCUT2D eigenvalue weighted by molar-refractivity contribution is -0.131. The SMILES string of the molecule is Cc1ccc(CNC(=O)C(CCc2cccc(C=C3SC(=O)N(C)C3=O)c2)NC(=O)C(NC(=O)c2cc(C)on2)C(C)O)cc1. The first kappa shape index (κ1) is 33.1. The number of aromatic nitrogens is 1. The Kier molecular flexibility index (Phi) is 10.9. The lowest BCUT2D eigenvalue weighted by Gasteiger charge is -2.24. The molecule has 12 nitrogen and oxygen atoms in total. The zero-order chi connectivity index (χ0) is 32.7. The van der Waals surface area contributed by atoms with Gasteiger partial charge in [-0.1, -0.05) is 59.3 Å². The number of aliphatic hydroxyl groups excluding tert-OH is 1. The van der Waals surface area contributed by atoms with Gasteiger partial charge in [0.05, 0.1) is 11.0 Å². The number of thioether (sulfide) groups is 1. The number of imide groups is 1. The predicted octanol–water partition coefficient (Wildman–Crippen LogP) is 2.87. The lowest BCUT2D eigenvalue weighted by atomic mass is 10.0. The summed E-state index contributed by atoms with van der Waals surface area (Å²) in [5, 5.41) is 21.6. The Balaban J connectivity index is 1.49. The fraction of sp³-hybridized carbons (Fsp3) is 0.312. The van der Waals surface area contributed by atoms with E-state index < -0.39 is 35.9 Å². The van der Waals surface area contributed by atoms with Crippen LogP contribution in [0.15, 0.2) is 64.0 Å². The molecule has 3 atom stereocenters. The van der Waals surface area contributed by atoms with Gasteiger partial charge in [-0.05, 0) is 68.1 Å². The molecule has 236 valence electrons. The minimum Gasteiger partial charge on any atom is -0.391 e. The van der Waals surface area contributed by atoms with Crippen molar-refractivity contribution in [3.63, 3.8) is 0 Å². The van der Waals surface area contributed by atoms with Crippen molar-refractivity contribution in [2.45, 2.75) is 58.3 Å². The number of hydrogen-bond donors (Lipinski definition) is 4. The first-order valence-corrected chi connectivity index (χ1v) is 15.1. The van der Waals surface area contributed by atoms with Gasteiger partial charge in [-0.3, -0.25) is 28.9 Å². The van der Waals surface area contributed by atoms with Gasteiger partial charge in [0.2, 0.25) is 11.8 Å². The summed E-state index contributed by atoms with van der Waals surface area (Å²) in [6.45, 7) is 5.16. The van der Waals surface area contributed by atoms with Gasteiger partial charge < -0.3 is 25.6 Å². The van der Waals surface area contributed by atoms with Crippen molar-refractivity contribution in [2.24, 2.45) is 0 Å². The van der Waals surface area contributed by atoms with Crippen LogP contribution >= 0.6 is 11.8 Å². The van der Waals surface area contributed by atoms with E-state index in [2.05, 4.69) is 21.1 Å². The third-order valence-corrected chi connectivity index (χ3v) is 8.05. The molecular weight excluding hydrogens is 598 g/mol. The summed E-state index contributed by atoms with van der Waals surface area (Å²) in [5.74, 6) is -1.89. The number of aryl methyl sites for hydroxylation is 3. The van der Waals surface area contributed by atoms with Crippen LogP contribution in [0.1, 0.15) is 51.8 Å². The first-order valence-electron chi connectivity index (χ1n) is 14.3. The average molecular weight is 634 g/mol. The highest BCUT2D eigenvalue weighted by Crippen LogP contribution is 2.31. The molecule has 0 aliphatic carbocycles. The van der Waals surface area contributed by atoms with Gasteiger partial charge in [0.25, 0.3) is 17.1 Å². The van der Waals surface area contributed by atoms with E-state index in [0.29, 0.717) is 22.6 Å². The normalized spacial score (nSPS) is 15.9. The van der Waals surface area contributed by atoms with Gasteiger partial charge in [-0.2, -0.15) is 0 Å². The van der Waals surface area contributed by atoms with Crippen molar-refractivity contribution >= 4 is 46.7 Å². The third kappa shape index (κ3) is 8.89. The Hall–Kier alpha value is -4.75. The molecule has 0 bridgehead atoms. The fourth-order valence-electron chi connectivity index (χ4n) is 4.49. The second-order valence-electron chi connectivity index (χ2n) is 10.8. The largest absolute Gasteiger partial charge is 0.391 e. The number of nitrogens with one attached hydrogen (secondary N) is 3. The van der Waals surface area contributed by atoms with E-state index in [1.54, 1.807) is 25.1 Å². The highest BCUT2D eigenvalue weighted by atomic mass is 32.2. The molecule has 13 heteroatoms. The second-order valence-corrected chi connectivity index (χ2v) is 11.8. The molecule has 5 amide bonds. The number of likely N-dealkylation sites (N-methyl/N-ethyl adjacent to an activating group) is 1. The van der Waals surface area contributed by atoms with Crippen molar-refractivity contribution in [3.05, 3.63) is 93.2 Å². The molecule has 0 spiro atoms. The van der Waals surface area contributed by atoms with Gasteiger partial charge in [-0.15, -0.1) is 0 Å². The summed E-state index contributed by atoms with van der Waals surface area (Å²) in [4.78, 5) is 64.9. The highest BCUT2D eigenvalue weighted by molar-refractivity contribution is 8.18. The van der Waals surface area contributed by atoms with Crippen LogP contribution < -0.4 is 16.0 Å². The summed E-state index contributed by atoms with van der Waals surface area (Å²) in [6, 6.07) is 13.9. The molecule has 2 heterocycles. The monoisotopic (exact) mass is 633 g/mol. The van der Waals surface area contributed by atoms with Crippen molar-refractivity contribution in [1.82, 2.24) is 26.0 Å². The van der Waals surface area contributed by atoms with E-state index in [-0.39, 0.29) is 29.8 Å². The Morgan fingerprint density at radius 2 is 1.76 bits per heavy atom. The predicted molar refractivity (Wildman–Crippen MR) is 168 cm³/mol. The maximum Gasteiger partial charge on any atom is 0.293 e. The number of carbonyl (C=O) groups is 5. The fourth-order valence-corrected chi connectivity index (χ4v) is 5.32. The van der Waals surface area contributed by atoms with Crippen molar-refractivity contribution in [3.8, 4) is 0 Å². The Bertz CT molecular complexity index is 1620. The summed E-state index contributed by atoms with van der Waals surface area (Å²) in [5.41, 5.74) is 3.43. The molecule has 4 N–H and O–H groups in total. The zero-order valence-corrected chi connectivity index (χ0v) is 26.1. The van der Waals surface area contributed by atoms with E-state index in [4.69, 9.17) is 4.52 Å². The molecule has 3 aromatic rings. The minimum atomic E-state index is -1.38. The van der Waals surface area contributed by atoms with Gasteiger partial charge in [0.1, 0.15) is 17.8 Å². The standard InChI is InChI=1S/C32H35N5O7S/c1-18-8-10-22(11-9-18)17-33-28(39)24(34-30(41)27(20(3)38)35-29(40)25-14-19(2)44-36-25)13-12-21-6-5-7-23(15-21)16-26-31(42)37(4)32(43)45-26/h5-11,14-16,20,24,27,38H,12-13,17H2,1-4H3,(H,33,39)(H,34,41)(H,35,40). The van der Waals surface area contributed by atoms with E-state index in [9.17, 15) is 29.1 Å². The smallest absolute Gasteiger partial charge is 0.293 e. The molecule has 1 aliphatic heterocycles. The van der Waals surface area contributed by atoms with Gasteiger partial charge in [0, 0.05) is 19.7 Å². The number of aliphatic hydroxyl groups is 1. The van der Waals surface area contributed by atoms with Gasteiger partial charge >= 0.3 is 0 Å². The van der Waals surface area contributed by atoms with E-state index in [0.717, 1.165) is 33.4 Å². The number of amides is 5. The molecule has 0 saturated carbocycles. The van der Waals surface area contributed by atoms with Crippen LogP contribution in [0.2, 0.25) is 0 Å². The molecule has 1 aromatic heterocycles. The van der Waals surface area contributed by atoms with Crippen LogP contribution in [0, 0.1) is 13.8 Å². The number of carbonyl (C=O) groups excluding carboxylic acids is 5. The van der Waals surface area contributed by atoms with Crippen molar-refractivity contribution < 1.29 is 33.6 Å². The lowest BCUT2D eigenvalue weighted by Crippen LogP contribution is -2.57. The summed E-state index contributed by atoms with van der Waals surface area (Å²) in [7, 11) is 1.43. The Labute approximate surface area is 264 Å². The molecule has 4 rings (SSSR count). The number of benzene rings is 2. The van der Waals surface area contributed by atoms with E-state index in [1.807, 2.05) is 43.3 Å². The molecule has 1 saturated heterocycles. The maximum atomic E-state index is 13.4. The minimum absolute atomic E-state index is 0.0538. The summed E-state index contributed by atoms with van der Waals surface area (Å²) < 4.78 is 4.92. The van der Waals surface area contributed by atoms with Gasteiger partial charge in [-0.25, -0.2) is 0 Å². The zero-order valence-electron chi connectivity index (χ0n) is 25.3. The highest BCUT2D eigenvalue weighted by Gasteiger charge is 2.32.